The SMILES string of the molecule is CCOC(=O)c1ccccc1C[P+](=O)OCC. The van der Waals surface area contributed by atoms with E-state index in [1.165, 1.54) is 0 Å². The Morgan fingerprint density at radius 2 is 1.94 bits per heavy atom. The Morgan fingerprint density at radius 3 is 2.59 bits per heavy atom. The molecule has 0 aromatic heterocycles. The first-order chi connectivity index (χ1) is 8.19. The molecule has 0 saturated heterocycles. The molecule has 1 aromatic rings. The molecular formula is C12H16O4P+. The first-order valence-electron chi connectivity index (χ1n) is 5.51. The van der Waals surface area contributed by atoms with Crippen molar-refractivity contribution in [2.24, 2.45) is 0 Å². The molecule has 0 fully saturated rings. The predicted octanol–water partition coefficient (Wildman–Crippen LogP) is 3.14. The fourth-order valence-electron chi connectivity index (χ4n) is 1.39. The lowest BCUT2D eigenvalue weighted by atomic mass is 10.1. The third-order valence-electron chi connectivity index (χ3n) is 2.09. The quantitative estimate of drug-likeness (QED) is 0.578. The van der Waals surface area contributed by atoms with Crippen LogP contribution in [0.3, 0.4) is 0 Å². The number of benzene rings is 1. The van der Waals surface area contributed by atoms with E-state index in [0.717, 1.165) is 0 Å². The third kappa shape index (κ3) is 4.25. The number of carbonyl (C=O) groups is 1. The maximum absolute atomic E-state index is 11.6. The first-order valence-corrected chi connectivity index (χ1v) is 6.87. The zero-order valence-corrected chi connectivity index (χ0v) is 10.9. The van der Waals surface area contributed by atoms with Gasteiger partial charge in [-0.2, -0.15) is 0 Å². The molecular weight excluding hydrogens is 239 g/mol. The summed E-state index contributed by atoms with van der Waals surface area (Å²) in [5, 5.41) is 0. The highest BCUT2D eigenvalue weighted by Crippen LogP contribution is 2.29. The van der Waals surface area contributed by atoms with Gasteiger partial charge in [0.2, 0.25) is 6.16 Å². The van der Waals surface area contributed by atoms with Crippen LogP contribution in [-0.2, 0) is 20.0 Å². The van der Waals surface area contributed by atoms with Crippen LogP contribution in [-0.4, -0.2) is 19.2 Å². The minimum atomic E-state index is -1.76. The van der Waals surface area contributed by atoms with Crippen molar-refractivity contribution in [1.29, 1.82) is 0 Å². The Hall–Kier alpha value is -1.25. The first kappa shape index (κ1) is 13.8. The molecule has 0 spiro atoms. The summed E-state index contributed by atoms with van der Waals surface area (Å²) in [5.74, 6) is -0.386. The van der Waals surface area contributed by atoms with E-state index in [-0.39, 0.29) is 12.1 Å². The van der Waals surface area contributed by atoms with Gasteiger partial charge in [0, 0.05) is 5.56 Å². The van der Waals surface area contributed by atoms with Gasteiger partial charge in [-0.25, -0.2) is 4.79 Å². The van der Waals surface area contributed by atoms with Gasteiger partial charge in [-0.3, -0.25) is 0 Å². The summed E-state index contributed by atoms with van der Waals surface area (Å²) in [6, 6.07) is 6.98. The van der Waals surface area contributed by atoms with E-state index in [0.29, 0.717) is 24.3 Å². The lowest BCUT2D eigenvalue weighted by Gasteiger charge is -2.04. The predicted molar refractivity (Wildman–Crippen MR) is 65.3 cm³/mol. The van der Waals surface area contributed by atoms with Crippen molar-refractivity contribution in [2.45, 2.75) is 20.0 Å². The summed E-state index contributed by atoms with van der Waals surface area (Å²) in [4.78, 5) is 11.6. The maximum Gasteiger partial charge on any atom is 0.512 e. The molecule has 0 heterocycles. The molecule has 0 radical (unpaired) electrons. The zero-order valence-electron chi connectivity index (χ0n) is 10.0. The van der Waals surface area contributed by atoms with E-state index in [1.807, 2.05) is 0 Å². The topological polar surface area (TPSA) is 52.6 Å². The van der Waals surface area contributed by atoms with Crippen molar-refractivity contribution in [1.82, 2.24) is 0 Å². The normalized spacial score (nSPS) is 11.1. The molecule has 0 N–H and O–H groups in total. The van der Waals surface area contributed by atoms with Crippen LogP contribution >= 0.6 is 8.03 Å². The average Bonchev–Trinajstić information content (AvgIpc) is 2.30. The average molecular weight is 255 g/mol. The van der Waals surface area contributed by atoms with Crippen LogP contribution in [0, 0.1) is 0 Å². The number of ether oxygens (including phenoxy) is 1. The molecule has 4 nitrogen and oxygen atoms in total. The standard InChI is InChI=1S/C12H16O4P/c1-3-15-12(13)11-8-6-5-7-10(11)9-17(14)16-4-2/h5-8H,3-4,9H2,1-2H3/q+1. The van der Waals surface area contributed by atoms with Crippen molar-refractivity contribution in [3.8, 4) is 0 Å². The molecule has 17 heavy (non-hydrogen) atoms. The summed E-state index contributed by atoms with van der Waals surface area (Å²) in [7, 11) is -1.76. The van der Waals surface area contributed by atoms with E-state index in [2.05, 4.69) is 0 Å². The molecule has 0 amide bonds. The molecule has 0 aliphatic heterocycles. The lowest BCUT2D eigenvalue weighted by molar-refractivity contribution is 0.0525. The molecule has 1 unspecified atom stereocenters. The molecule has 0 bridgehead atoms. The summed E-state index contributed by atoms with van der Waals surface area (Å²) < 4.78 is 21.5. The molecule has 1 atom stereocenters. The Balaban J connectivity index is 2.84. The van der Waals surface area contributed by atoms with Gasteiger partial charge in [0.25, 0.3) is 0 Å². The molecule has 0 aliphatic carbocycles. The highest BCUT2D eigenvalue weighted by Gasteiger charge is 2.22. The van der Waals surface area contributed by atoms with Crippen molar-refractivity contribution in [2.75, 3.05) is 13.2 Å². The number of esters is 1. The highest BCUT2D eigenvalue weighted by atomic mass is 31.1. The number of hydrogen-bond donors (Lipinski definition) is 0. The second kappa shape index (κ2) is 7.15. The largest absolute Gasteiger partial charge is 0.512 e. The molecule has 5 heteroatoms. The van der Waals surface area contributed by atoms with Crippen molar-refractivity contribution >= 4 is 14.0 Å². The highest BCUT2D eigenvalue weighted by molar-refractivity contribution is 7.38. The van der Waals surface area contributed by atoms with Crippen LogP contribution in [0.5, 0.6) is 0 Å². The second-order valence-electron chi connectivity index (χ2n) is 3.29. The van der Waals surface area contributed by atoms with Gasteiger partial charge < -0.3 is 4.74 Å². The fourth-order valence-corrected chi connectivity index (χ4v) is 2.33. The summed E-state index contributed by atoms with van der Waals surface area (Å²) in [6.45, 7) is 4.26. The van der Waals surface area contributed by atoms with Crippen molar-refractivity contribution in [3.63, 3.8) is 0 Å². The van der Waals surface area contributed by atoms with Gasteiger partial charge in [0.1, 0.15) is 0 Å². The van der Waals surface area contributed by atoms with Gasteiger partial charge >= 0.3 is 14.0 Å². The van der Waals surface area contributed by atoms with Crippen LogP contribution in [0.25, 0.3) is 0 Å². The van der Waals surface area contributed by atoms with Crippen LogP contribution in [0.15, 0.2) is 24.3 Å². The number of hydrogen-bond acceptors (Lipinski definition) is 4. The summed E-state index contributed by atoms with van der Waals surface area (Å²) >= 11 is 0. The van der Waals surface area contributed by atoms with Crippen molar-refractivity contribution in [3.05, 3.63) is 35.4 Å². The zero-order chi connectivity index (χ0) is 12.7. The molecule has 1 aromatic carbocycles. The monoisotopic (exact) mass is 255 g/mol. The Kier molecular flexibility index (Phi) is 5.81. The third-order valence-corrected chi connectivity index (χ3v) is 3.23. The Bertz CT molecular complexity index is 403. The van der Waals surface area contributed by atoms with E-state index in [9.17, 15) is 9.36 Å². The Morgan fingerprint density at radius 1 is 1.24 bits per heavy atom. The van der Waals surface area contributed by atoms with Gasteiger partial charge in [-0.05, 0) is 24.5 Å². The molecule has 92 valence electrons. The molecule has 0 saturated carbocycles. The second-order valence-corrected chi connectivity index (χ2v) is 4.53. The van der Waals surface area contributed by atoms with Gasteiger partial charge in [-0.1, -0.05) is 18.2 Å². The minimum absolute atomic E-state index is 0.234. The van der Waals surface area contributed by atoms with E-state index in [1.54, 1.807) is 38.1 Å². The summed E-state index contributed by atoms with van der Waals surface area (Å²) in [6.07, 6.45) is 0.234. The van der Waals surface area contributed by atoms with Gasteiger partial charge in [0.15, 0.2) is 0 Å². The van der Waals surface area contributed by atoms with Gasteiger partial charge in [0.05, 0.1) is 18.8 Å². The van der Waals surface area contributed by atoms with Crippen LogP contribution in [0.4, 0.5) is 0 Å². The fraction of sp³-hybridized carbons (Fsp3) is 0.417. The minimum Gasteiger partial charge on any atom is -0.462 e. The van der Waals surface area contributed by atoms with Crippen LogP contribution in [0.1, 0.15) is 29.8 Å². The maximum atomic E-state index is 11.6. The van der Waals surface area contributed by atoms with Crippen LogP contribution in [0.2, 0.25) is 0 Å². The van der Waals surface area contributed by atoms with Crippen LogP contribution < -0.4 is 0 Å². The molecule has 1 rings (SSSR count). The summed E-state index contributed by atoms with van der Waals surface area (Å²) in [5.41, 5.74) is 1.15. The smallest absolute Gasteiger partial charge is 0.462 e. The lowest BCUT2D eigenvalue weighted by Crippen LogP contribution is -2.07. The van der Waals surface area contributed by atoms with E-state index < -0.39 is 8.03 Å². The van der Waals surface area contributed by atoms with E-state index in [4.69, 9.17) is 9.26 Å². The Labute approximate surface area is 102 Å². The van der Waals surface area contributed by atoms with Gasteiger partial charge in [-0.15, -0.1) is 4.52 Å². The van der Waals surface area contributed by atoms with E-state index >= 15 is 0 Å². The number of carbonyl (C=O) groups excluding carboxylic acids is 1. The molecule has 0 aliphatic rings. The number of rotatable bonds is 6. The van der Waals surface area contributed by atoms with Crippen molar-refractivity contribution < 1.29 is 18.6 Å².